The zero-order valence-corrected chi connectivity index (χ0v) is 21.6. The Hall–Kier alpha value is -1.96. The number of hydrogen-bond donors (Lipinski definition) is 0. The minimum Gasteiger partial charge on any atom is -0.365 e. The zero-order chi connectivity index (χ0) is 24.5. The van der Waals surface area contributed by atoms with Gasteiger partial charge in [0, 0.05) is 44.8 Å². The number of nitrogens with zero attached hydrogens (tertiary/aromatic N) is 4. The third-order valence-corrected chi connectivity index (χ3v) is 7.37. The molecule has 2 heterocycles. The molecule has 2 aliphatic heterocycles. The van der Waals surface area contributed by atoms with E-state index in [0.717, 1.165) is 32.4 Å². The second-order valence-corrected chi connectivity index (χ2v) is 9.86. The highest BCUT2D eigenvalue weighted by Gasteiger charge is 2.34. The molecule has 1 atom stereocenters. The van der Waals surface area contributed by atoms with Gasteiger partial charge in [-0.2, -0.15) is 0 Å². The first-order valence-corrected chi connectivity index (χ1v) is 13.1. The van der Waals surface area contributed by atoms with Crippen molar-refractivity contribution in [2.75, 3.05) is 59.0 Å². The second-order valence-electron chi connectivity index (χ2n) is 9.86. The van der Waals surface area contributed by atoms with E-state index in [2.05, 4.69) is 35.8 Å². The number of amides is 2. The first-order chi connectivity index (χ1) is 16.4. The fraction of sp³-hybridized carbons (Fsp3) is 0.704. The highest BCUT2D eigenvalue weighted by molar-refractivity contribution is 5.79. The summed E-state index contributed by atoms with van der Waals surface area (Å²) in [6, 6.07) is 11.2. The van der Waals surface area contributed by atoms with Crippen molar-refractivity contribution >= 4 is 11.8 Å². The van der Waals surface area contributed by atoms with Gasteiger partial charge >= 0.3 is 0 Å². The van der Waals surface area contributed by atoms with Gasteiger partial charge < -0.3 is 19.4 Å². The lowest BCUT2D eigenvalue weighted by atomic mass is 10.0. The number of rotatable bonds is 10. The Morgan fingerprint density at radius 3 is 2.38 bits per heavy atom. The molecule has 0 aliphatic carbocycles. The van der Waals surface area contributed by atoms with Crippen LogP contribution in [0.2, 0.25) is 0 Å². The van der Waals surface area contributed by atoms with Gasteiger partial charge in [-0.05, 0) is 65.6 Å². The monoisotopic (exact) mass is 472 g/mol. The molecule has 7 nitrogen and oxygen atoms in total. The normalized spacial score (nSPS) is 21.1. The molecule has 2 amide bonds. The maximum Gasteiger partial charge on any atom is 0.248 e. The quantitative estimate of drug-likeness (QED) is 0.524. The van der Waals surface area contributed by atoms with Gasteiger partial charge in [-0.1, -0.05) is 30.3 Å². The van der Waals surface area contributed by atoms with E-state index < -0.39 is 0 Å². The molecule has 190 valence electrons. The minimum atomic E-state index is -0.162. The van der Waals surface area contributed by atoms with Gasteiger partial charge in [0.05, 0.1) is 12.6 Å². The highest BCUT2D eigenvalue weighted by Crippen LogP contribution is 2.21. The smallest absolute Gasteiger partial charge is 0.248 e. The molecule has 0 saturated carbocycles. The van der Waals surface area contributed by atoms with Crippen molar-refractivity contribution in [3.63, 3.8) is 0 Å². The van der Waals surface area contributed by atoms with Crippen LogP contribution in [0.1, 0.15) is 46.1 Å². The molecule has 0 unspecified atom stereocenters. The zero-order valence-electron chi connectivity index (χ0n) is 21.6. The van der Waals surface area contributed by atoms with Crippen molar-refractivity contribution in [3.05, 3.63) is 35.9 Å². The van der Waals surface area contributed by atoms with E-state index in [4.69, 9.17) is 4.74 Å². The number of piperidine rings is 1. The van der Waals surface area contributed by atoms with Crippen LogP contribution in [0, 0.1) is 0 Å². The van der Waals surface area contributed by atoms with E-state index in [9.17, 15) is 9.59 Å². The van der Waals surface area contributed by atoms with Crippen LogP contribution in [-0.4, -0.2) is 109 Å². The molecular formula is C27H44N4O3. The van der Waals surface area contributed by atoms with Crippen molar-refractivity contribution in [1.82, 2.24) is 19.6 Å². The Morgan fingerprint density at radius 1 is 1.09 bits per heavy atom. The van der Waals surface area contributed by atoms with Crippen LogP contribution < -0.4 is 0 Å². The van der Waals surface area contributed by atoms with E-state index in [1.54, 1.807) is 4.90 Å². The van der Waals surface area contributed by atoms with E-state index >= 15 is 0 Å². The summed E-state index contributed by atoms with van der Waals surface area (Å²) < 4.78 is 6.18. The number of likely N-dealkylation sites (N-methyl/N-ethyl adjacent to an activating group) is 1. The molecule has 0 N–H and O–H groups in total. The predicted molar refractivity (Wildman–Crippen MR) is 136 cm³/mol. The summed E-state index contributed by atoms with van der Waals surface area (Å²) in [5.74, 6) is 0.191. The summed E-state index contributed by atoms with van der Waals surface area (Å²) in [6.07, 6.45) is 2.80. The van der Waals surface area contributed by atoms with Gasteiger partial charge in [-0.3, -0.25) is 14.5 Å². The van der Waals surface area contributed by atoms with E-state index in [1.165, 1.54) is 5.56 Å². The highest BCUT2D eigenvalue weighted by atomic mass is 16.5. The molecule has 1 aromatic rings. The minimum absolute atomic E-state index is 0.0215. The lowest BCUT2D eigenvalue weighted by Gasteiger charge is -2.39. The van der Waals surface area contributed by atoms with E-state index in [0.29, 0.717) is 51.4 Å². The summed E-state index contributed by atoms with van der Waals surface area (Å²) >= 11 is 0. The molecule has 0 radical (unpaired) electrons. The van der Waals surface area contributed by atoms with E-state index in [-0.39, 0.29) is 24.5 Å². The van der Waals surface area contributed by atoms with Crippen molar-refractivity contribution < 1.29 is 14.3 Å². The summed E-state index contributed by atoms with van der Waals surface area (Å²) in [5, 5.41) is 0. The average molecular weight is 473 g/mol. The maximum atomic E-state index is 13.3. The third kappa shape index (κ3) is 7.52. The first kappa shape index (κ1) is 26.6. The summed E-state index contributed by atoms with van der Waals surface area (Å²) in [5.41, 5.74) is 1.23. The Morgan fingerprint density at radius 2 is 1.76 bits per heavy atom. The van der Waals surface area contributed by atoms with Crippen LogP contribution in [0.15, 0.2) is 30.3 Å². The fourth-order valence-corrected chi connectivity index (χ4v) is 5.14. The van der Waals surface area contributed by atoms with Crippen molar-refractivity contribution in [3.8, 4) is 0 Å². The van der Waals surface area contributed by atoms with Gasteiger partial charge in [0.2, 0.25) is 11.8 Å². The van der Waals surface area contributed by atoms with Crippen molar-refractivity contribution in [2.45, 2.75) is 65.1 Å². The molecule has 1 aromatic carbocycles. The first-order valence-electron chi connectivity index (χ1n) is 13.1. The largest absolute Gasteiger partial charge is 0.365 e. The van der Waals surface area contributed by atoms with Gasteiger partial charge in [-0.15, -0.1) is 0 Å². The van der Waals surface area contributed by atoms with Crippen LogP contribution in [0.4, 0.5) is 0 Å². The number of carbonyl (C=O) groups is 2. The standard InChI is InChI=1S/C27H44N4O3/c1-5-28(6-2)27(33)21-34-25-18-30(15-12-23-10-8-7-9-11-23)26(32)20-31(19-25)24-13-16-29(17-14-24)22(3)4/h7-11,22,24-25H,5-6,12-21H2,1-4H3/t25-/m1/s1. The van der Waals surface area contributed by atoms with Crippen LogP contribution in [0.3, 0.4) is 0 Å². The average Bonchev–Trinajstić information content (AvgIpc) is 3.01. The summed E-state index contributed by atoms with van der Waals surface area (Å²) in [4.78, 5) is 34.5. The molecule has 0 aromatic heterocycles. The molecular weight excluding hydrogens is 428 g/mol. The SMILES string of the molecule is CCN(CC)C(=O)CO[C@@H]1CN(CCc2ccccc2)C(=O)CN(C2CCN(C(C)C)CC2)C1. The van der Waals surface area contributed by atoms with Gasteiger partial charge in [-0.25, -0.2) is 0 Å². The van der Waals surface area contributed by atoms with Crippen LogP contribution in [0.25, 0.3) is 0 Å². The van der Waals surface area contributed by atoms with Gasteiger partial charge in [0.25, 0.3) is 0 Å². The van der Waals surface area contributed by atoms with Crippen LogP contribution in [0.5, 0.6) is 0 Å². The number of benzene rings is 1. The summed E-state index contributed by atoms with van der Waals surface area (Å²) in [7, 11) is 0. The summed E-state index contributed by atoms with van der Waals surface area (Å²) in [6.45, 7) is 14.4. The maximum absolute atomic E-state index is 13.3. The number of hydrogen-bond acceptors (Lipinski definition) is 5. The Labute approximate surface area is 206 Å². The number of ether oxygens (including phenoxy) is 1. The Bertz CT molecular complexity index is 760. The lowest BCUT2D eigenvalue weighted by molar-refractivity contribution is -0.138. The molecule has 3 rings (SSSR count). The third-order valence-electron chi connectivity index (χ3n) is 7.37. The molecule has 2 aliphatic rings. The molecule has 2 fully saturated rings. The van der Waals surface area contributed by atoms with Gasteiger partial charge in [0.1, 0.15) is 6.61 Å². The van der Waals surface area contributed by atoms with Crippen LogP contribution >= 0.6 is 0 Å². The molecule has 34 heavy (non-hydrogen) atoms. The molecule has 7 heteroatoms. The Kier molecular flexibility index (Phi) is 10.4. The van der Waals surface area contributed by atoms with Crippen molar-refractivity contribution in [2.24, 2.45) is 0 Å². The van der Waals surface area contributed by atoms with Crippen molar-refractivity contribution in [1.29, 1.82) is 0 Å². The molecule has 0 spiro atoms. The number of likely N-dealkylation sites (tertiary alicyclic amines) is 1. The molecule has 0 bridgehead atoms. The predicted octanol–water partition coefficient (Wildman–Crippen LogP) is 2.50. The molecule has 2 saturated heterocycles. The van der Waals surface area contributed by atoms with Gasteiger partial charge in [0.15, 0.2) is 0 Å². The topological polar surface area (TPSA) is 56.3 Å². The fourth-order valence-electron chi connectivity index (χ4n) is 5.14. The second kappa shape index (κ2) is 13.2. The van der Waals surface area contributed by atoms with Crippen LogP contribution in [-0.2, 0) is 20.7 Å². The lowest BCUT2D eigenvalue weighted by Crippen LogP contribution is -2.49. The Balaban J connectivity index is 1.66. The number of carbonyl (C=O) groups excluding carboxylic acids is 2. The van der Waals surface area contributed by atoms with E-state index in [1.807, 2.05) is 36.9 Å².